The molecule has 1 N–H and O–H groups in total. The van der Waals surface area contributed by atoms with Crippen LogP contribution in [0.25, 0.3) is 5.69 Å². The zero-order chi connectivity index (χ0) is 21.4. The van der Waals surface area contributed by atoms with E-state index in [9.17, 15) is 31.1 Å². The number of hydrogen-bond donors (Lipinski definition) is 1. The average Bonchev–Trinajstić information content (AvgIpc) is 3.02. The van der Waals surface area contributed by atoms with E-state index in [2.05, 4.69) is 10.4 Å². The van der Waals surface area contributed by atoms with Gasteiger partial charge in [0.15, 0.2) is 0 Å². The molecule has 0 aliphatic carbocycles. The number of amides is 1. The summed E-state index contributed by atoms with van der Waals surface area (Å²) in [6.45, 7) is 1.56. The van der Waals surface area contributed by atoms with Gasteiger partial charge in [-0.2, -0.15) is 31.4 Å². The van der Waals surface area contributed by atoms with Crippen molar-refractivity contribution >= 4 is 11.6 Å². The second kappa shape index (κ2) is 7.26. The van der Waals surface area contributed by atoms with Crippen LogP contribution in [0.4, 0.5) is 32.0 Å². The number of halogens is 6. The second-order valence-corrected chi connectivity index (χ2v) is 6.14. The van der Waals surface area contributed by atoms with Gasteiger partial charge in [-0.25, -0.2) is 4.68 Å². The lowest BCUT2D eigenvalue weighted by Crippen LogP contribution is -2.16. The Morgan fingerprint density at radius 3 is 2.00 bits per heavy atom. The van der Waals surface area contributed by atoms with Crippen molar-refractivity contribution in [1.29, 1.82) is 0 Å². The molecule has 2 aromatic carbocycles. The highest BCUT2D eigenvalue weighted by Gasteiger charge is 2.37. The molecule has 4 nitrogen and oxygen atoms in total. The minimum absolute atomic E-state index is 0.00562. The van der Waals surface area contributed by atoms with Crippen molar-refractivity contribution in [2.75, 3.05) is 5.32 Å². The van der Waals surface area contributed by atoms with E-state index < -0.39 is 35.1 Å². The maximum atomic E-state index is 13.0. The van der Waals surface area contributed by atoms with Crippen molar-refractivity contribution in [2.24, 2.45) is 0 Å². The van der Waals surface area contributed by atoms with E-state index in [1.165, 1.54) is 10.9 Å². The molecule has 10 heteroatoms. The molecule has 3 rings (SSSR count). The number of para-hydroxylation sites is 1. The lowest BCUT2D eigenvalue weighted by atomic mass is 10.1. The zero-order valence-electron chi connectivity index (χ0n) is 14.8. The van der Waals surface area contributed by atoms with Crippen LogP contribution in [0.5, 0.6) is 0 Å². The molecule has 0 aliphatic heterocycles. The molecule has 0 atom stereocenters. The first-order valence-corrected chi connectivity index (χ1v) is 8.17. The predicted octanol–water partition coefficient (Wildman–Crippen LogP) is 5.47. The van der Waals surface area contributed by atoms with Crippen LogP contribution in [0.15, 0.2) is 54.7 Å². The normalized spacial score (nSPS) is 12.1. The quantitative estimate of drug-likeness (QED) is 0.579. The number of aromatic nitrogens is 2. The van der Waals surface area contributed by atoms with Gasteiger partial charge in [-0.15, -0.1) is 0 Å². The highest BCUT2D eigenvalue weighted by atomic mass is 19.4. The SMILES string of the molecule is Cc1c(C(=O)Nc2cc(C(F)(F)F)cc(C(F)(F)F)c2)cnn1-c1ccccc1. The standard InChI is InChI=1S/C19H13F6N3O/c1-11-16(10-26-28(11)15-5-3-2-4-6-15)17(29)27-14-8-12(18(20,21)22)7-13(9-14)19(23,24)25/h2-10H,1H3,(H,27,29). The van der Waals surface area contributed by atoms with Crippen molar-refractivity contribution in [2.45, 2.75) is 19.3 Å². The van der Waals surface area contributed by atoms with E-state index in [0.717, 1.165) is 0 Å². The van der Waals surface area contributed by atoms with Gasteiger partial charge in [0.2, 0.25) is 0 Å². The average molecular weight is 413 g/mol. The Morgan fingerprint density at radius 1 is 0.931 bits per heavy atom. The summed E-state index contributed by atoms with van der Waals surface area (Å²) in [6.07, 6.45) is -8.82. The molecule has 0 fully saturated rings. The maximum absolute atomic E-state index is 13.0. The Hall–Kier alpha value is -3.30. The minimum atomic E-state index is -5.01. The number of rotatable bonds is 3. The number of nitrogens with one attached hydrogen (secondary N) is 1. The van der Waals surface area contributed by atoms with Gasteiger partial charge < -0.3 is 5.32 Å². The van der Waals surface area contributed by atoms with Gasteiger partial charge in [-0.3, -0.25) is 4.79 Å². The van der Waals surface area contributed by atoms with Gasteiger partial charge >= 0.3 is 12.4 Å². The van der Waals surface area contributed by atoms with Crippen LogP contribution >= 0.6 is 0 Å². The van der Waals surface area contributed by atoms with Gasteiger partial charge in [-0.1, -0.05) is 18.2 Å². The predicted molar refractivity (Wildman–Crippen MR) is 92.7 cm³/mol. The third-order valence-corrected chi connectivity index (χ3v) is 4.10. The fraction of sp³-hybridized carbons (Fsp3) is 0.158. The lowest BCUT2D eigenvalue weighted by Gasteiger charge is -2.14. The molecular weight excluding hydrogens is 400 g/mol. The largest absolute Gasteiger partial charge is 0.416 e. The van der Waals surface area contributed by atoms with E-state index >= 15 is 0 Å². The molecule has 1 amide bonds. The van der Waals surface area contributed by atoms with Crippen molar-refractivity contribution in [3.8, 4) is 5.69 Å². The van der Waals surface area contributed by atoms with E-state index in [4.69, 9.17) is 0 Å². The molecule has 0 unspecified atom stereocenters. The molecule has 0 saturated heterocycles. The van der Waals surface area contributed by atoms with Crippen LogP contribution in [0.3, 0.4) is 0 Å². The van der Waals surface area contributed by atoms with Gasteiger partial charge in [0, 0.05) is 5.69 Å². The highest BCUT2D eigenvalue weighted by Crippen LogP contribution is 2.37. The summed E-state index contributed by atoms with van der Waals surface area (Å²) in [5.74, 6) is -0.878. The third kappa shape index (κ3) is 4.41. The molecule has 0 aliphatic rings. The number of anilines is 1. The van der Waals surface area contributed by atoms with Gasteiger partial charge in [-0.05, 0) is 37.3 Å². The molecule has 29 heavy (non-hydrogen) atoms. The Labute approximate surface area is 160 Å². The summed E-state index contributed by atoms with van der Waals surface area (Å²) < 4.78 is 79.2. The van der Waals surface area contributed by atoms with Crippen LogP contribution in [-0.4, -0.2) is 15.7 Å². The zero-order valence-corrected chi connectivity index (χ0v) is 14.8. The lowest BCUT2D eigenvalue weighted by molar-refractivity contribution is -0.143. The molecule has 0 bridgehead atoms. The summed E-state index contributed by atoms with van der Waals surface area (Å²) in [5.41, 5.74) is -2.62. The van der Waals surface area contributed by atoms with E-state index in [1.807, 2.05) is 0 Å². The summed E-state index contributed by atoms with van der Waals surface area (Å²) in [6, 6.07) is 9.62. The molecule has 0 saturated carbocycles. The summed E-state index contributed by atoms with van der Waals surface area (Å²) in [4.78, 5) is 12.5. The van der Waals surface area contributed by atoms with Crippen LogP contribution in [0, 0.1) is 6.92 Å². The fourth-order valence-corrected chi connectivity index (χ4v) is 2.69. The molecule has 1 heterocycles. The van der Waals surface area contributed by atoms with Gasteiger partial charge in [0.1, 0.15) is 0 Å². The molecule has 1 aromatic heterocycles. The Bertz CT molecular complexity index is 1010. The van der Waals surface area contributed by atoms with Gasteiger partial charge in [0.05, 0.1) is 34.3 Å². The molecule has 152 valence electrons. The molecular formula is C19H13F6N3O. The number of benzene rings is 2. The van der Waals surface area contributed by atoms with Crippen molar-refractivity contribution < 1.29 is 31.1 Å². The van der Waals surface area contributed by atoms with Crippen molar-refractivity contribution in [3.05, 3.63) is 77.1 Å². The minimum Gasteiger partial charge on any atom is -0.322 e. The number of carbonyl (C=O) groups excluding carboxylic acids is 1. The maximum Gasteiger partial charge on any atom is 0.416 e. The smallest absolute Gasteiger partial charge is 0.322 e. The summed E-state index contributed by atoms with van der Waals surface area (Å²) >= 11 is 0. The first-order valence-electron chi connectivity index (χ1n) is 8.17. The number of carbonyl (C=O) groups is 1. The first-order chi connectivity index (χ1) is 13.5. The van der Waals surface area contributed by atoms with Crippen LogP contribution in [0.2, 0.25) is 0 Å². The van der Waals surface area contributed by atoms with E-state index in [0.29, 0.717) is 23.5 Å². The topological polar surface area (TPSA) is 46.9 Å². The Morgan fingerprint density at radius 2 is 1.48 bits per heavy atom. The fourth-order valence-electron chi connectivity index (χ4n) is 2.69. The van der Waals surface area contributed by atoms with Crippen LogP contribution < -0.4 is 5.32 Å². The second-order valence-electron chi connectivity index (χ2n) is 6.14. The number of nitrogens with zero attached hydrogens (tertiary/aromatic N) is 2. The third-order valence-electron chi connectivity index (χ3n) is 4.10. The molecule has 0 radical (unpaired) electrons. The van der Waals surface area contributed by atoms with Crippen LogP contribution in [0.1, 0.15) is 27.2 Å². The van der Waals surface area contributed by atoms with Crippen LogP contribution in [-0.2, 0) is 12.4 Å². The number of alkyl halides is 6. The summed E-state index contributed by atoms with van der Waals surface area (Å²) in [7, 11) is 0. The Balaban J connectivity index is 1.94. The van der Waals surface area contributed by atoms with Crippen molar-refractivity contribution in [3.63, 3.8) is 0 Å². The van der Waals surface area contributed by atoms with E-state index in [-0.39, 0.29) is 11.6 Å². The van der Waals surface area contributed by atoms with E-state index in [1.54, 1.807) is 37.3 Å². The van der Waals surface area contributed by atoms with Crippen molar-refractivity contribution in [1.82, 2.24) is 9.78 Å². The highest BCUT2D eigenvalue weighted by molar-refractivity contribution is 6.05. The molecule has 0 spiro atoms. The number of hydrogen-bond acceptors (Lipinski definition) is 2. The van der Waals surface area contributed by atoms with Gasteiger partial charge in [0.25, 0.3) is 5.91 Å². The summed E-state index contributed by atoms with van der Waals surface area (Å²) in [5, 5.41) is 6.15. The Kier molecular flexibility index (Phi) is 5.12. The first kappa shape index (κ1) is 20.4. The monoisotopic (exact) mass is 413 g/mol. The molecule has 3 aromatic rings.